The van der Waals surface area contributed by atoms with E-state index in [4.69, 9.17) is 4.74 Å². The van der Waals surface area contributed by atoms with Crippen LogP contribution in [0.4, 0.5) is 5.69 Å². The molecule has 5 nitrogen and oxygen atoms in total. The van der Waals surface area contributed by atoms with Crippen LogP contribution in [0.3, 0.4) is 0 Å². The first-order chi connectivity index (χ1) is 14.6. The van der Waals surface area contributed by atoms with Crippen LogP contribution >= 0.6 is 15.9 Å². The largest absolute Gasteiger partial charge is 0.493 e. The van der Waals surface area contributed by atoms with Gasteiger partial charge in [-0.3, -0.25) is 9.59 Å². The Kier molecular flexibility index (Phi) is 8.31. The summed E-state index contributed by atoms with van der Waals surface area (Å²) in [7, 11) is 0. The van der Waals surface area contributed by atoms with Crippen LogP contribution in [0.1, 0.15) is 66.2 Å². The van der Waals surface area contributed by atoms with Crippen molar-refractivity contribution < 1.29 is 14.3 Å². The fourth-order valence-corrected chi connectivity index (χ4v) is 3.94. The molecule has 1 aliphatic rings. The number of amides is 2. The average Bonchev–Trinajstić information content (AvgIpc) is 3.29. The van der Waals surface area contributed by atoms with Gasteiger partial charge in [-0.2, -0.15) is 0 Å². The topological polar surface area (TPSA) is 58.6 Å². The van der Waals surface area contributed by atoms with E-state index in [1.165, 1.54) is 12.8 Å². The zero-order valence-electron chi connectivity index (χ0n) is 17.5. The van der Waals surface area contributed by atoms with Crippen LogP contribution in [0.2, 0.25) is 0 Å². The molecule has 2 amide bonds. The number of hydrogen-bond acceptors (Lipinski definition) is 3. The number of halogens is 1. The standard InChI is InChI=1S/C24H29BrN2O3/c1-2-3-4-9-16-30-22-13-12-18(25)17-20(22)23(28)26-21-11-6-5-10-19(21)24(29)27-14-7-8-15-27/h5-6,10-13,17H,2-4,7-9,14-16H2,1H3,(H,26,28). The summed E-state index contributed by atoms with van der Waals surface area (Å²) in [5.74, 6) is 0.224. The van der Waals surface area contributed by atoms with Crippen molar-refractivity contribution in [2.24, 2.45) is 0 Å². The Hall–Kier alpha value is -2.34. The Morgan fingerprint density at radius 3 is 2.57 bits per heavy atom. The summed E-state index contributed by atoms with van der Waals surface area (Å²) >= 11 is 3.44. The molecular weight excluding hydrogens is 444 g/mol. The van der Waals surface area contributed by atoms with Crippen LogP contribution in [-0.2, 0) is 0 Å². The lowest BCUT2D eigenvalue weighted by Crippen LogP contribution is -2.28. The SMILES string of the molecule is CCCCCCOc1ccc(Br)cc1C(=O)Nc1ccccc1C(=O)N1CCCC1. The molecule has 6 heteroatoms. The van der Waals surface area contributed by atoms with E-state index >= 15 is 0 Å². The number of benzene rings is 2. The Morgan fingerprint density at radius 1 is 1.03 bits per heavy atom. The summed E-state index contributed by atoms with van der Waals surface area (Å²) in [6.07, 6.45) is 6.47. The van der Waals surface area contributed by atoms with E-state index in [0.717, 1.165) is 43.2 Å². The van der Waals surface area contributed by atoms with Crippen LogP contribution in [0.15, 0.2) is 46.9 Å². The van der Waals surface area contributed by atoms with E-state index in [2.05, 4.69) is 28.2 Å². The van der Waals surface area contributed by atoms with Crippen LogP contribution < -0.4 is 10.1 Å². The summed E-state index contributed by atoms with van der Waals surface area (Å²) in [6, 6.07) is 12.6. The molecule has 1 heterocycles. The summed E-state index contributed by atoms with van der Waals surface area (Å²) < 4.78 is 6.70. The normalized spacial score (nSPS) is 13.3. The number of unbranched alkanes of at least 4 members (excludes halogenated alkanes) is 3. The number of rotatable bonds is 9. The van der Waals surface area contributed by atoms with Crippen molar-refractivity contribution in [3.8, 4) is 5.75 Å². The molecule has 1 aliphatic heterocycles. The van der Waals surface area contributed by atoms with Crippen molar-refractivity contribution >= 4 is 33.4 Å². The Morgan fingerprint density at radius 2 is 1.80 bits per heavy atom. The van der Waals surface area contributed by atoms with Crippen molar-refractivity contribution in [3.63, 3.8) is 0 Å². The molecule has 3 rings (SSSR count). The first kappa shape index (κ1) is 22.3. The smallest absolute Gasteiger partial charge is 0.259 e. The second-order valence-electron chi connectivity index (χ2n) is 7.55. The van der Waals surface area contributed by atoms with Gasteiger partial charge in [-0.05, 0) is 49.6 Å². The first-order valence-corrected chi connectivity index (χ1v) is 11.5. The molecule has 2 aromatic rings. The van der Waals surface area contributed by atoms with Gasteiger partial charge >= 0.3 is 0 Å². The van der Waals surface area contributed by atoms with Crippen LogP contribution in [0.5, 0.6) is 5.75 Å². The van der Waals surface area contributed by atoms with Crippen LogP contribution in [-0.4, -0.2) is 36.4 Å². The summed E-state index contributed by atoms with van der Waals surface area (Å²) in [6.45, 7) is 4.28. The van der Waals surface area contributed by atoms with Crippen molar-refractivity contribution in [3.05, 3.63) is 58.1 Å². The molecule has 0 unspecified atom stereocenters. The number of nitrogens with zero attached hydrogens (tertiary/aromatic N) is 1. The number of hydrogen-bond donors (Lipinski definition) is 1. The first-order valence-electron chi connectivity index (χ1n) is 10.7. The third kappa shape index (κ3) is 5.85. The maximum Gasteiger partial charge on any atom is 0.259 e. The molecule has 160 valence electrons. The predicted molar refractivity (Wildman–Crippen MR) is 123 cm³/mol. The number of carbonyl (C=O) groups excluding carboxylic acids is 2. The predicted octanol–water partition coefficient (Wildman–Crippen LogP) is 5.90. The minimum absolute atomic E-state index is 0.0370. The molecule has 0 radical (unpaired) electrons. The van der Waals surface area contributed by atoms with Gasteiger partial charge in [0.05, 0.1) is 23.4 Å². The third-order valence-electron chi connectivity index (χ3n) is 5.24. The average molecular weight is 473 g/mol. The highest BCUT2D eigenvalue weighted by molar-refractivity contribution is 9.10. The number of likely N-dealkylation sites (tertiary alicyclic amines) is 1. The van der Waals surface area contributed by atoms with Crippen LogP contribution in [0, 0.1) is 0 Å². The van der Waals surface area contributed by atoms with E-state index in [9.17, 15) is 9.59 Å². The minimum Gasteiger partial charge on any atom is -0.493 e. The Bertz CT molecular complexity index is 879. The van der Waals surface area contributed by atoms with Gasteiger partial charge in [-0.15, -0.1) is 0 Å². The molecule has 0 aliphatic carbocycles. The van der Waals surface area contributed by atoms with E-state index in [-0.39, 0.29) is 11.8 Å². The lowest BCUT2D eigenvalue weighted by molar-refractivity contribution is 0.0794. The molecule has 30 heavy (non-hydrogen) atoms. The van der Waals surface area contributed by atoms with Crippen molar-refractivity contribution in [2.75, 3.05) is 25.0 Å². The summed E-state index contributed by atoms with van der Waals surface area (Å²) in [5.41, 5.74) is 1.49. The summed E-state index contributed by atoms with van der Waals surface area (Å²) in [5, 5.41) is 2.92. The molecule has 0 bridgehead atoms. The molecule has 1 fully saturated rings. The van der Waals surface area contributed by atoms with Crippen LogP contribution in [0.25, 0.3) is 0 Å². The van der Waals surface area contributed by atoms with Gasteiger partial charge in [0.1, 0.15) is 5.75 Å². The second-order valence-corrected chi connectivity index (χ2v) is 8.46. The number of nitrogens with one attached hydrogen (secondary N) is 1. The van der Waals surface area contributed by atoms with E-state index < -0.39 is 0 Å². The van der Waals surface area contributed by atoms with Crippen molar-refractivity contribution in [2.45, 2.75) is 45.4 Å². The second kappa shape index (κ2) is 11.2. The van der Waals surface area contributed by atoms with Crippen molar-refractivity contribution in [1.82, 2.24) is 4.90 Å². The number of anilines is 1. The van der Waals surface area contributed by atoms with Gasteiger partial charge < -0.3 is 15.0 Å². The van der Waals surface area contributed by atoms with Gasteiger partial charge in [0, 0.05) is 17.6 Å². The van der Waals surface area contributed by atoms with Crippen molar-refractivity contribution in [1.29, 1.82) is 0 Å². The third-order valence-corrected chi connectivity index (χ3v) is 5.73. The molecule has 0 spiro atoms. The maximum atomic E-state index is 13.1. The fourth-order valence-electron chi connectivity index (χ4n) is 3.58. The number of carbonyl (C=O) groups is 2. The Balaban J connectivity index is 1.74. The Labute approximate surface area is 186 Å². The van der Waals surface area contributed by atoms with Gasteiger partial charge in [0.15, 0.2) is 0 Å². The lowest BCUT2D eigenvalue weighted by Gasteiger charge is -2.18. The molecule has 1 N–H and O–H groups in total. The maximum absolute atomic E-state index is 13.1. The highest BCUT2D eigenvalue weighted by Crippen LogP contribution is 2.26. The van der Waals surface area contributed by atoms with Gasteiger partial charge in [-0.25, -0.2) is 0 Å². The molecule has 2 aromatic carbocycles. The highest BCUT2D eigenvalue weighted by atomic mass is 79.9. The van der Waals surface area contributed by atoms with Gasteiger partial charge in [-0.1, -0.05) is 54.2 Å². The van der Waals surface area contributed by atoms with E-state index in [1.54, 1.807) is 24.3 Å². The molecule has 0 aromatic heterocycles. The number of ether oxygens (including phenoxy) is 1. The zero-order chi connectivity index (χ0) is 21.3. The quantitative estimate of drug-likeness (QED) is 0.462. The van der Waals surface area contributed by atoms with Gasteiger partial charge in [0.2, 0.25) is 0 Å². The summed E-state index contributed by atoms with van der Waals surface area (Å²) in [4.78, 5) is 27.8. The lowest BCUT2D eigenvalue weighted by atomic mass is 10.1. The number of para-hydroxylation sites is 1. The molecule has 1 saturated heterocycles. The highest BCUT2D eigenvalue weighted by Gasteiger charge is 2.23. The zero-order valence-corrected chi connectivity index (χ0v) is 19.0. The molecule has 0 atom stereocenters. The van der Waals surface area contributed by atoms with E-state index in [0.29, 0.717) is 29.2 Å². The molecule has 0 saturated carbocycles. The van der Waals surface area contributed by atoms with E-state index in [1.807, 2.05) is 23.1 Å². The monoisotopic (exact) mass is 472 g/mol. The molecular formula is C24H29BrN2O3. The van der Waals surface area contributed by atoms with Gasteiger partial charge in [0.25, 0.3) is 11.8 Å². The fraction of sp³-hybridized carbons (Fsp3) is 0.417. The minimum atomic E-state index is -0.290.